The van der Waals surface area contributed by atoms with Crippen molar-refractivity contribution in [2.45, 2.75) is 13.5 Å². The van der Waals surface area contributed by atoms with Gasteiger partial charge in [-0.3, -0.25) is 9.36 Å². The monoisotopic (exact) mass is 355 g/mol. The van der Waals surface area contributed by atoms with E-state index in [9.17, 15) is 9.18 Å². The van der Waals surface area contributed by atoms with E-state index < -0.39 is 0 Å². The molecule has 0 bridgehead atoms. The van der Waals surface area contributed by atoms with Gasteiger partial charge in [0.2, 0.25) is 0 Å². The summed E-state index contributed by atoms with van der Waals surface area (Å²) in [6, 6.07) is 13.8. The molecule has 1 N–H and O–H groups in total. The van der Waals surface area contributed by atoms with E-state index in [1.54, 1.807) is 34.8 Å². The van der Waals surface area contributed by atoms with Gasteiger partial charge in [0.1, 0.15) is 11.5 Å². The number of hydrogen-bond donors (Lipinski definition) is 1. The van der Waals surface area contributed by atoms with E-state index in [-0.39, 0.29) is 11.7 Å². The second-order valence-corrected chi connectivity index (χ2v) is 6.27. The smallest absolute Gasteiger partial charge is 0.272 e. The van der Waals surface area contributed by atoms with E-state index in [1.807, 2.05) is 31.2 Å². The first-order valence-corrected chi connectivity index (χ1v) is 8.24. The maximum Gasteiger partial charge on any atom is 0.272 e. The lowest BCUT2D eigenvalue weighted by molar-refractivity contribution is 0.0777. The third-order valence-corrected chi connectivity index (χ3v) is 4.40. The van der Waals surface area contributed by atoms with E-state index in [2.05, 4.69) is 4.98 Å². The maximum atomic E-state index is 13.2. The van der Waals surface area contributed by atoms with Crippen molar-refractivity contribution in [2.75, 3.05) is 7.05 Å². The van der Waals surface area contributed by atoms with Crippen LogP contribution in [0.25, 0.3) is 5.69 Å². The summed E-state index contributed by atoms with van der Waals surface area (Å²) < 4.78 is 15.2. The molecule has 0 atom stereocenters. The first-order chi connectivity index (χ1) is 12.0. The number of benzene rings is 2. The van der Waals surface area contributed by atoms with Crippen LogP contribution in [0.2, 0.25) is 0 Å². The van der Waals surface area contributed by atoms with Gasteiger partial charge in [-0.2, -0.15) is 0 Å². The van der Waals surface area contributed by atoms with Crippen LogP contribution in [0.15, 0.2) is 54.7 Å². The number of aromatic nitrogens is 2. The van der Waals surface area contributed by atoms with Crippen molar-refractivity contribution >= 4 is 18.1 Å². The molecule has 0 aliphatic heterocycles. The fourth-order valence-corrected chi connectivity index (χ4v) is 2.95. The summed E-state index contributed by atoms with van der Waals surface area (Å²) in [7, 11) is 1.75. The molecule has 0 aliphatic rings. The average molecular weight is 355 g/mol. The zero-order valence-corrected chi connectivity index (χ0v) is 14.8. The highest BCUT2D eigenvalue weighted by atomic mass is 32.1. The lowest BCUT2D eigenvalue weighted by atomic mass is 10.1. The van der Waals surface area contributed by atoms with Gasteiger partial charge in [-0.05, 0) is 54.5 Å². The van der Waals surface area contributed by atoms with Crippen molar-refractivity contribution in [1.29, 1.82) is 0 Å². The lowest BCUT2D eigenvalue weighted by Gasteiger charge is -2.19. The summed E-state index contributed by atoms with van der Waals surface area (Å²) in [6.45, 7) is 2.51. The summed E-state index contributed by atoms with van der Waals surface area (Å²) in [4.78, 5) is 17.4. The lowest BCUT2D eigenvalue weighted by Crippen LogP contribution is -2.28. The van der Waals surface area contributed by atoms with Gasteiger partial charge < -0.3 is 9.88 Å². The van der Waals surface area contributed by atoms with Gasteiger partial charge in [-0.1, -0.05) is 24.3 Å². The molecule has 0 saturated carbocycles. The Morgan fingerprint density at radius 2 is 1.88 bits per heavy atom. The van der Waals surface area contributed by atoms with Crippen LogP contribution in [0.4, 0.5) is 4.39 Å². The van der Waals surface area contributed by atoms with Crippen molar-refractivity contribution < 1.29 is 9.18 Å². The number of hydrogen-bond acceptors (Lipinski definition) is 2. The Labute approximate surface area is 150 Å². The Morgan fingerprint density at radius 3 is 2.56 bits per heavy atom. The molecule has 0 radical (unpaired) electrons. The first kappa shape index (κ1) is 17.1. The predicted octanol–water partition coefficient (Wildman–Crippen LogP) is 4.25. The highest BCUT2D eigenvalue weighted by Crippen LogP contribution is 2.17. The van der Waals surface area contributed by atoms with Gasteiger partial charge in [0.15, 0.2) is 4.77 Å². The number of nitrogens with one attached hydrogen (secondary N) is 1. The van der Waals surface area contributed by atoms with E-state index in [4.69, 9.17) is 12.2 Å². The van der Waals surface area contributed by atoms with Crippen LogP contribution in [0, 0.1) is 17.5 Å². The molecule has 0 spiro atoms. The molecule has 1 heterocycles. The number of carbonyl (C=O) groups is 1. The van der Waals surface area contributed by atoms with Crippen molar-refractivity contribution in [1.82, 2.24) is 14.5 Å². The minimum atomic E-state index is -0.338. The minimum Gasteiger partial charge on any atom is -0.336 e. The number of imidazole rings is 1. The number of halogens is 1. The fourth-order valence-electron chi connectivity index (χ4n) is 2.68. The van der Waals surface area contributed by atoms with Crippen molar-refractivity contribution in [3.8, 4) is 5.69 Å². The minimum absolute atomic E-state index is 0.167. The standard InChI is InChI=1S/C19H18FN3OS/c1-13-5-3-4-6-14(13)12-22(2)18(24)17-11-21-19(25)23(17)16-9-7-15(20)8-10-16/h3-11H,12H2,1-2H3,(H,21,25). The number of H-pyrrole nitrogens is 1. The van der Waals surface area contributed by atoms with Crippen molar-refractivity contribution in [2.24, 2.45) is 0 Å². The van der Waals surface area contributed by atoms with Gasteiger partial charge in [0.05, 0.1) is 0 Å². The van der Waals surface area contributed by atoms with Crippen LogP contribution >= 0.6 is 12.2 Å². The molecule has 3 rings (SSSR count). The molecule has 0 aliphatic carbocycles. The number of aryl methyl sites for hydroxylation is 1. The Balaban J connectivity index is 1.92. The van der Waals surface area contributed by atoms with E-state index >= 15 is 0 Å². The summed E-state index contributed by atoms with van der Waals surface area (Å²) in [5, 5.41) is 0. The summed E-state index contributed by atoms with van der Waals surface area (Å²) >= 11 is 5.29. The van der Waals surface area contributed by atoms with E-state index in [0.717, 1.165) is 11.1 Å². The van der Waals surface area contributed by atoms with Gasteiger partial charge in [-0.15, -0.1) is 0 Å². The second kappa shape index (κ2) is 7.03. The molecule has 1 amide bonds. The molecule has 0 saturated heterocycles. The van der Waals surface area contributed by atoms with Crippen LogP contribution < -0.4 is 0 Å². The van der Waals surface area contributed by atoms with Crippen molar-refractivity contribution in [3.05, 3.63) is 82.1 Å². The van der Waals surface area contributed by atoms with E-state index in [1.165, 1.54) is 12.1 Å². The highest BCUT2D eigenvalue weighted by Gasteiger charge is 2.19. The molecule has 128 valence electrons. The Kier molecular flexibility index (Phi) is 4.81. The normalized spacial score (nSPS) is 10.7. The average Bonchev–Trinajstić information content (AvgIpc) is 2.98. The van der Waals surface area contributed by atoms with Gasteiger partial charge in [0, 0.05) is 25.5 Å². The predicted molar refractivity (Wildman–Crippen MR) is 97.9 cm³/mol. The number of nitrogens with zero attached hydrogens (tertiary/aromatic N) is 2. The SMILES string of the molecule is Cc1ccccc1CN(C)C(=O)c1c[nH]c(=S)n1-c1ccc(F)cc1. The third kappa shape index (κ3) is 3.53. The van der Waals surface area contributed by atoms with Gasteiger partial charge in [0.25, 0.3) is 5.91 Å². The molecule has 1 aromatic heterocycles. The number of carbonyl (C=O) groups excluding carboxylic acids is 1. The van der Waals surface area contributed by atoms with E-state index in [0.29, 0.717) is 22.7 Å². The van der Waals surface area contributed by atoms with Crippen LogP contribution in [0.3, 0.4) is 0 Å². The maximum absolute atomic E-state index is 13.2. The van der Waals surface area contributed by atoms with Crippen LogP contribution in [-0.2, 0) is 6.54 Å². The molecule has 4 nitrogen and oxygen atoms in total. The molecule has 0 unspecified atom stereocenters. The molecule has 3 aromatic rings. The topological polar surface area (TPSA) is 41.0 Å². The number of amides is 1. The molecule has 2 aromatic carbocycles. The number of rotatable bonds is 4. The molecular formula is C19H18FN3OS. The van der Waals surface area contributed by atoms with Crippen LogP contribution in [0.1, 0.15) is 21.6 Å². The molecular weight excluding hydrogens is 337 g/mol. The first-order valence-electron chi connectivity index (χ1n) is 7.83. The zero-order chi connectivity index (χ0) is 18.0. The summed E-state index contributed by atoms with van der Waals surface area (Å²) in [5.41, 5.74) is 3.26. The molecule has 0 fully saturated rings. The molecule has 6 heteroatoms. The fraction of sp³-hybridized carbons (Fsp3) is 0.158. The Bertz CT molecular complexity index is 959. The zero-order valence-electron chi connectivity index (χ0n) is 14.0. The van der Waals surface area contributed by atoms with Crippen LogP contribution in [-0.4, -0.2) is 27.4 Å². The highest BCUT2D eigenvalue weighted by molar-refractivity contribution is 7.71. The molecule has 25 heavy (non-hydrogen) atoms. The largest absolute Gasteiger partial charge is 0.336 e. The summed E-state index contributed by atoms with van der Waals surface area (Å²) in [5.74, 6) is -0.504. The van der Waals surface area contributed by atoms with Crippen LogP contribution in [0.5, 0.6) is 0 Å². The quantitative estimate of drug-likeness (QED) is 0.711. The van der Waals surface area contributed by atoms with Gasteiger partial charge in [-0.25, -0.2) is 4.39 Å². The third-order valence-electron chi connectivity index (χ3n) is 4.10. The second-order valence-electron chi connectivity index (χ2n) is 5.88. The summed E-state index contributed by atoms with van der Waals surface area (Å²) in [6.07, 6.45) is 1.59. The van der Waals surface area contributed by atoms with Gasteiger partial charge >= 0.3 is 0 Å². The Morgan fingerprint density at radius 1 is 1.20 bits per heavy atom. The Hall–Kier alpha value is -2.73. The number of aromatic amines is 1. The van der Waals surface area contributed by atoms with Crippen molar-refractivity contribution in [3.63, 3.8) is 0 Å².